The lowest BCUT2D eigenvalue weighted by Gasteiger charge is -2.38. The van der Waals surface area contributed by atoms with Crippen molar-refractivity contribution in [2.45, 2.75) is 38.3 Å². The van der Waals surface area contributed by atoms with Gasteiger partial charge >= 0.3 is 12.1 Å². The molecule has 1 aliphatic carbocycles. The Morgan fingerprint density at radius 1 is 1.04 bits per heavy atom. The van der Waals surface area contributed by atoms with Crippen LogP contribution in [0.3, 0.4) is 0 Å². The molecule has 47 heavy (non-hydrogen) atoms. The van der Waals surface area contributed by atoms with E-state index in [1.54, 1.807) is 45.8 Å². The van der Waals surface area contributed by atoms with Crippen LogP contribution in [0.1, 0.15) is 30.9 Å². The van der Waals surface area contributed by atoms with E-state index in [9.17, 15) is 29.4 Å². The maximum atomic E-state index is 15.5. The number of fused-ring (bicyclic) bond motifs is 1. The number of rotatable bonds is 8. The molecule has 2 aromatic rings. The first kappa shape index (κ1) is 31.4. The van der Waals surface area contributed by atoms with Gasteiger partial charge in [0.05, 0.1) is 34.3 Å². The minimum atomic E-state index is -1.28. The second-order valence-electron chi connectivity index (χ2n) is 11.9. The van der Waals surface area contributed by atoms with Gasteiger partial charge in [-0.05, 0) is 50.0 Å². The number of aliphatic hydroxyl groups is 1. The summed E-state index contributed by atoms with van der Waals surface area (Å²) in [5.41, 5.74) is 2.13. The van der Waals surface area contributed by atoms with Crippen molar-refractivity contribution in [2.75, 3.05) is 42.6 Å². The van der Waals surface area contributed by atoms with Gasteiger partial charge in [-0.2, -0.15) is 0 Å². The van der Waals surface area contributed by atoms with Crippen LogP contribution in [0.4, 0.5) is 20.6 Å². The standard InChI is InChI=1S/C35H33FN4O7/c1-22-33(43)24(19-41)9-10-39(22)26(15-23-5-3-2-4-6-23)21-47-35(46)38-13-11-37(12-14-38)32-17-31-27(16-30(32)36)29(20-42)28(34(44)45)18-40(31)25-7-8-25/h2-6,9-10,16-18,25-26,43H,7-8,11-15,21H2,1H3,(H,44,45)/t26-/m0/s1. The number of allylic oxidation sites excluding steroid dienone is 2. The van der Waals surface area contributed by atoms with Crippen LogP contribution in [-0.4, -0.2) is 88.8 Å². The SMILES string of the molecule is CC1=C(O)C(=C=O)C=CN1[C@H](COC(=O)N1CCN(c2cc3c(cc2F)C(=C=O)C(C(=O)O)=CN3C2CC2)CC1)Cc1ccccc1. The Balaban J connectivity index is 1.14. The second-order valence-corrected chi connectivity index (χ2v) is 11.9. The molecule has 1 atom stereocenters. The fourth-order valence-electron chi connectivity index (χ4n) is 6.21. The Morgan fingerprint density at radius 3 is 2.40 bits per heavy atom. The van der Waals surface area contributed by atoms with Crippen molar-refractivity contribution in [3.63, 3.8) is 0 Å². The summed E-state index contributed by atoms with van der Waals surface area (Å²) >= 11 is 0. The zero-order valence-electron chi connectivity index (χ0n) is 25.7. The number of carbonyl (C=O) groups excluding carboxylic acids is 3. The van der Waals surface area contributed by atoms with Crippen molar-refractivity contribution in [1.82, 2.24) is 9.80 Å². The monoisotopic (exact) mass is 640 g/mol. The number of amides is 1. The van der Waals surface area contributed by atoms with E-state index in [1.807, 2.05) is 35.2 Å². The predicted octanol–water partition coefficient (Wildman–Crippen LogP) is 4.24. The number of nitrogens with zero attached hydrogens (tertiary/aromatic N) is 4. The van der Waals surface area contributed by atoms with Gasteiger partial charge in [0.2, 0.25) is 0 Å². The summed E-state index contributed by atoms with van der Waals surface area (Å²) in [6.45, 7) is 2.85. The van der Waals surface area contributed by atoms with Crippen molar-refractivity contribution < 1.29 is 38.5 Å². The molecule has 4 aliphatic rings. The molecule has 242 valence electrons. The van der Waals surface area contributed by atoms with E-state index in [2.05, 4.69) is 0 Å². The van der Waals surface area contributed by atoms with Crippen LogP contribution < -0.4 is 9.80 Å². The Bertz CT molecular complexity index is 1790. The lowest BCUT2D eigenvalue weighted by atomic mass is 9.93. The molecule has 1 saturated heterocycles. The number of carbonyl (C=O) groups is 2. The van der Waals surface area contributed by atoms with Crippen LogP contribution in [0.2, 0.25) is 0 Å². The number of carboxylic acids is 1. The summed E-state index contributed by atoms with van der Waals surface area (Å²) in [5, 5.41) is 20.2. The highest BCUT2D eigenvalue weighted by atomic mass is 19.1. The first-order valence-corrected chi connectivity index (χ1v) is 15.4. The van der Waals surface area contributed by atoms with Crippen LogP contribution in [0.5, 0.6) is 0 Å². The first-order chi connectivity index (χ1) is 22.7. The quantitative estimate of drug-likeness (QED) is 0.404. The molecule has 3 aliphatic heterocycles. The summed E-state index contributed by atoms with van der Waals surface area (Å²) in [6.07, 6.45) is 6.24. The van der Waals surface area contributed by atoms with Gasteiger partial charge in [-0.1, -0.05) is 30.3 Å². The summed E-state index contributed by atoms with van der Waals surface area (Å²) < 4.78 is 21.3. The number of carboxylic acid groups (broad SMARTS) is 1. The third-order valence-electron chi connectivity index (χ3n) is 8.91. The number of aliphatic carboxylic acids is 1. The summed E-state index contributed by atoms with van der Waals surface area (Å²) in [7, 11) is 0. The average molecular weight is 641 g/mol. The Labute approximate surface area is 270 Å². The van der Waals surface area contributed by atoms with Crippen LogP contribution in [0.25, 0.3) is 5.57 Å². The number of aliphatic hydroxyl groups excluding tert-OH is 1. The maximum absolute atomic E-state index is 15.5. The molecule has 2 N–H and O–H groups in total. The van der Waals surface area contributed by atoms with E-state index in [0.29, 0.717) is 36.6 Å². The van der Waals surface area contributed by atoms with Crippen LogP contribution in [-0.2, 0) is 25.5 Å². The van der Waals surface area contributed by atoms with Crippen LogP contribution >= 0.6 is 0 Å². The smallest absolute Gasteiger partial charge is 0.409 e. The van der Waals surface area contributed by atoms with Gasteiger partial charge in [0, 0.05) is 50.2 Å². The fraction of sp³-hybridized carbons (Fsp3) is 0.314. The molecule has 6 rings (SSSR count). The Morgan fingerprint density at radius 2 is 1.77 bits per heavy atom. The van der Waals surface area contributed by atoms with Crippen molar-refractivity contribution in [3.05, 3.63) is 100 Å². The zero-order valence-corrected chi connectivity index (χ0v) is 25.7. The van der Waals surface area contributed by atoms with Crippen molar-refractivity contribution >= 4 is 40.9 Å². The third kappa shape index (κ3) is 6.29. The van der Waals surface area contributed by atoms with E-state index in [0.717, 1.165) is 18.4 Å². The van der Waals surface area contributed by atoms with E-state index in [-0.39, 0.29) is 59.8 Å². The number of ether oxygens (including phenoxy) is 1. The van der Waals surface area contributed by atoms with E-state index in [4.69, 9.17) is 4.74 Å². The first-order valence-electron chi connectivity index (χ1n) is 15.4. The van der Waals surface area contributed by atoms with E-state index < -0.39 is 17.9 Å². The highest BCUT2D eigenvalue weighted by molar-refractivity contribution is 6.16. The molecule has 11 nitrogen and oxygen atoms in total. The molecule has 0 spiro atoms. The van der Waals surface area contributed by atoms with Crippen molar-refractivity contribution in [2.24, 2.45) is 0 Å². The van der Waals surface area contributed by atoms with Crippen LogP contribution in [0.15, 0.2) is 83.5 Å². The lowest BCUT2D eigenvalue weighted by Crippen LogP contribution is -2.50. The zero-order chi connectivity index (χ0) is 33.2. The molecular formula is C35H33FN4O7. The minimum absolute atomic E-state index is 0.00206. The van der Waals surface area contributed by atoms with Crippen LogP contribution in [0, 0.1) is 5.82 Å². The van der Waals surface area contributed by atoms with Gasteiger partial charge in [-0.15, -0.1) is 0 Å². The van der Waals surface area contributed by atoms with Crippen molar-refractivity contribution in [3.8, 4) is 0 Å². The number of halogens is 1. The third-order valence-corrected chi connectivity index (χ3v) is 8.91. The molecule has 0 aromatic heterocycles. The van der Waals surface area contributed by atoms with E-state index in [1.165, 1.54) is 18.3 Å². The normalized spacial score (nSPS) is 18.4. The number of piperazine rings is 1. The topological polar surface area (TPSA) is 131 Å². The lowest BCUT2D eigenvalue weighted by molar-refractivity contribution is -0.132. The Hall–Kier alpha value is -5.57. The molecule has 1 amide bonds. The number of benzene rings is 2. The minimum Gasteiger partial charge on any atom is -0.505 e. The Kier molecular flexibility index (Phi) is 8.72. The molecule has 2 fully saturated rings. The summed E-state index contributed by atoms with van der Waals surface area (Å²) in [4.78, 5) is 55.0. The molecule has 0 bridgehead atoms. The molecule has 0 radical (unpaired) electrons. The number of hydrogen-bond acceptors (Lipinski definition) is 9. The fourth-order valence-corrected chi connectivity index (χ4v) is 6.21. The van der Waals surface area contributed by atoms with Gasteiger partial charge in [0.1, 0.15) is 29.9 Å². The molecule has 0 unspecified atom stereocenters. The largest absolute Gasteiger partial charge is 0.505 e. The highest BCUT2D eigenvalue weighted by Gasteiger charge is 2.37. The van der Waals surface area contributed by atoms with Gasteiger partial charge in [0.15, 0.2) is 5.76 Å². The number of hydrogen-bond donors (Lipinski definition) is 2. The van der Waals surface area contributed by atoms with Gasteiger partial charge in [-0.25, -0.2) is 23.6 Å². The summed E-state index contributed by atoms with van der Waals surface area (Å²) in [5.74, 6) is 1.35. The number of anilines is 2. The molecule has 12 heteroatoms. The van der Waals surface area contributed by atoms with Gasteiger partial charge < -0.3 is 34.5 Å². The molecule has 3 heterocycles. The predicted molar refractivity (Wildman–Crippen MR) is 171 cm³/mol. The second kappa shape index (κ2) is 13.0. The maximum Gasteiger partial charge on any atom is 0.409 e. The van der Waals surface area contributed by atoms with Crippen molar-refractivity contribution in [1.29, 1.82) is 0 Å². The highest BCUT2D eigenvalue weighted by Crippen LogP contribution is 2.44. The van der Waals surface area contributed by atoms with E-state index >= 15 is 4.39 Å². The van der Waals surface area contributed by atoms with Gasteiger partial charge in [-0.3, -0.25) is 0 Å². The molecular weight excluding hydrogens is 607 g/mol. The molecule has 1 saturated carbocycles. The molecule has 2 aromatic carbocycles. The van der Waals surface area contributed by atoms with Gasteiger partial charge in [0.25, 0.3) is 0 Å². The average Bonchev–Trinajstić information content (AvgIpc) is 3.93. The summed E-state index contributed by atoms with van der Waals surface area (Å²) in [6, 6.07) is 12.2.